The molecular weight excluding hydrogens is 572 g/mol. The molecule has 0 amide bonds. The van der Waals surface area contributed by atoms with Crippen LogP contribution in [0.4, 0.5) is 0 Å². The Morgan fingerprint density at radius 2 is 1.89 bits per heavy atom. The molecule has 8 heteroatoms. The highest BCUT2D eigenvalue weighted by atomic mass is 28.4. The van der Waals surface area contributed by atoms with E-state index >= 15 is 0 Å². The Kier molecular flexibility index (Phi) is 12.1. The molecule has 4 heterocycles. The van der Waals surface area contributed by atoms with Gasteiger partial charge in [-0.3, -0.25) is 0 Å². The van der Waals surface area contributed by atoms with Gasteiger partial charge in [-0.2, -0.15) is 0 Å². The molecule has 0 unspecified atom stereocenters. The smallest absolute Gasteiger partial charge is 0.330 e. The number of rotatable bonds is 5. The highest BCUT2D eigenvalue weighted by Gasteiger charge is 2.48. The second-order valence-electron chi connectivity index (χ2n) is 14.9. The number of cyclic esters (lactones) is 1. The first kappa shape index (κ1) is 35.0. The third-order valence-corrected chi connectivity index (χ3v) is 14.1. The van der Waals surface area contributed by atoms with Crippen molar-refractivity contribution in [2.24, 2.45) is 5.92 Å². The fourth-order valence-corrected chi connectivity index (χ4v) is 7.34. The van der Waals surface area contributed by atoms with E-state index in [1.54, 1.807) is 0 Å². The predicted molar refractivity (Wildman–Crippen MR) is 177 cm³/mol. The molecule has 0 aromatic carbocycles. The molecule has 9 atom stereocenters. The van der Waals surface area contributed by atoms with E-state index in [9.17, 15) is 9.90 Å². The maximum absolute atomic E-state index is 13.3. The first-order valence-corrected chi connectivity index (χ1v) is 19.4. The Balaban J connectivity index is 1.59. The standard InChI is InChI=1S/C36H56O7Si/c1-24-17-18-39-28(20-24)15-16-31(43-44(7,8)36(4,5)6)32-23-33-35(42-33)30(37)22-26(3)19-25(2)21-29-13-9-11-27(40-29)12-10-14-34(38)41-32/h9-11,14-17,25,27-33,35,37H,3,12-13,18-23H2,1-2,4-8H3/b14-10-,16-15+/t25-,27-,28+,29-,30-,31-,32-,33+,35-/m0/s1. The fraction of sp³-hybridized carbons (Fsp3) is 0.694. The molecule has 1 fully saturated rings. The van der Waals surface area contributed by atoms with Gasteiger partial charge in [-0.05, 0) is 69.5 Å². The van der Waals surface area contributed by atoms with Gasteiger partial charge in [0.15, 0.2) is 8.32 Å². The summed E-state index contributed by atoms with van der Waals surface area (Å²) in [5.74, 6) is -0.0267. The number of fused-ring (bicyclic) bond motifs is 3. The largest absolute Gasteiger partial charge is 0.456 e. The van der Waals surface area contributed by atoms with Gasteiger partial charge in [0.1, 0.15) is 18.3 Å². The molecule has 1 saturated heterocycles. The summed E-state index contributed by atoms with van der Waals surface area (Å²) in [5.41, 5.74) is 2.32. The van der Waals surface area contributed by atoms with Gasteiger partial charge in [0.2, 0.25) is 0 Å². The van der Waals surface area contributed by atoms with Crippen molar-refractivity contribution in [3.8, 4) is 0 Å². The van der Waals surface area contributed by atoms with Crippen LogP contribution in [0.1, 0.15) is 79.6 Å². The molecule has 0 aromatic rings. The lowest BCUT2D eigenvalue weighted by Gasteiger charge is -2.40. The molecular formula is C36H56O7Si. The van der Waals surface area contributed by atoms with Crippen LogP contribution >= 0.6 is 0 Å². The minimum absolute atomic E-state index is 0.0448. The topological polar surface area (TPSA) is 86.8 Å². The average Bonchev–Trinajstić information content (AvgIpc) is 3.69. The Morgan fingerprint density at radius 3 is 2.61 bits per heavy atom. The monoisotopic (exact) mass is 628 g/mol. The Morgan fingerprint density at radius 1 is 1.11 bits per heavy atom. The van der Waals surface area contributed by atoms with E-state index in [2.05, 4.69) is 78.6 Å². The SMILES string of the molecule is C=C1C[C@H](C)C[C@@H]2CC=C[C@@H](C/C=C\C(=O)O[C@H]([C@H](/C=C/[C@@H]3CC(C)=CCO3)O[Si](C)(C)C(C)(C)C)C[C@H]3O[C@H]3[C@@H](O)C1)O2. The van der Waals surface area contributed by atoms with Crippen LogP contribution in [0.25, 0.3) is 0 Å². The van der Waals surface area contributed by atoms with Crippen molar-refractivity contribution in [3.05, 3.63) is 60.3 Å². The minimum Gasteiger partial charge on any atom is -0.456 e. The van der Waals surface area contributed by atoms with Crippen LogP contribution in [0.3, 0.4) is 0 Å². The van der Waals surface area contributed by atoms with Crippen LogP contribution in [0, 0.1) is 5.92 Å². The van der Waals surface area contributed by atoms with Crippen molar-refractivity contribution in [1.82, 2.24) is 0 Å². The average molecular weight is 629 g/mol. The molecule has 0 spiro atoms. The van der Waals surface area contributed by atoms with Crippen LogP contribution in [-0.4, -0.2) is 74.8 Å². The second kappa shape index (κ2) is 15.2. The molecule has 246 valence electrons. The molecule has 2 bridgehead atoms. The summed E-state index contributed by atoms with van der Waals surface area (Å²) in [6.07, 6.45) is 16.5. The van der Waals surface area contributed by atoms with Gasteiger partial charge < -0.3 is 28.5 Å². The molecule has 0 saturated carbocycles. The second-order valence-corrected chi connectivity index (χ2v) is 19.6. The van der Waals surface area contributed by atoms with Crippen molar-refractivity contribution in [2.45, 2.75) is 147 Å². The number of ether oxygens (including phenoxy) is 4. The van der Waals surface area contributed by atoms with Gasteiger partial charge in [0.25, 0.3) is 0 Å². The van der Waals surface area contributed by atoms with Gasteiger partial charge in [0, 0.05) is 12.5 Å². The lowest BCUT2D eigenvalue weighted by atomic mass is 9.91. The number of hydrogen-bond acceptors (Lipinski definition) is 7. The molecule has 0 aliphatic carbocycles. The Bertz CT molecular complexity index is 1120. The number of aliphatic hydroxyl groups excluding tert-OH is 1. The first-order chi connectivity index (χ1) is 20.7. The van der Waals surface area contributed by atoms with Crippen LogP contribution in [0.2, 0.25) is 18.1 Å². The van der Waals surface area contributed by atoms with Gasteiger partial charge in [0.05, 0.1) is 37.1 Å². The van der Waals surface area contributed by atoms with Crippen LogP contribution in [-0.2, 0) is 28.2 Å². The highest BCUT2D eigenvalue weighted by molar-refractivity contribution is 6.74. The summed E-state index contributed by atoms with van der Waals surface area (Å²) in [6, 6.07) is 0. The number of carbonyl (C=O) groups is 1. The number of carbonyl (C=O) groups excluding carboxylic acids is 1. The zero-order chi connectivity index (χ0) is 32.1. The highest BCUT2D eigenvalue weighted by Crippen LogP contribution is 2.40. The molecule has 0 radical (unpaired) electrons. The van der Waals surface area contributed by atoms with Crippen molar-refractivity contribution in [3.63, 3.8) is 0 Å². The molecule has 7 nitrogen and oxygen atoms in total. The van der Waals surface area contributed by atoms with Crippen molar-refractivity contribution >= 4 is 14.3 Å². The number of hydrogen-bond donors (Lipinski definition) is 1. The van der Waals surface area contributed by atoms with Gasteiger partial charge in [-0.25, -0.2) is 4.79 Å². The van der Waals surface area contributed by atoms with E-state index in [1.807, 2.05) is 12.2 Å². The zero-order valence-corrected chi connectivity index (χ0v) is 29.0. The van der Waals surface area contributed by atoms with Gasteiger partial charge in [-0.15, -0.1) is 0 Å². The van der Waals surface area contributed by atoms with Crippen molar-refractivity contribution in [1.29, 1.82) is 0 Å². The molecule has 4 aliphatic heterocycles. The summed E-state index contributed by atoms with van der Waals surface area (Å²) >= 11 is 0. The number of aliphatic hydroxyl groups is 1. The summed E-state index contributed by atoms with van der Waals surface area (Å²) in [7, 11) is -2.27. The molecule has 0 aromatic heterocycles. The summed E-state index contributed by atoms with van der Waals surface area (Å²) in [6.45, 7) is 20.2. The van der Waals surface area contributed by atoms with Crippen molar-refractivity contribution in [2.75, 3.05) is 6.61 Å². The van der Waals surface area contributed by atoms with Gasteiger partial charge in [-0.1, -0.05) is 81.9 Å². The predicted octanol–water partition coefficient (Wildman–Crippen LogP) is 7.13. The van der Waals surface area contributed by atoms with Crippen LogP contribution < -0.4 is 0 Å². The molecule has 44 heavy (non-hydrogen) atoms. The molecule has 4 rings (SSSR count). The molecule has 4 aliphatic rings. The van der Waals surface area contributed by atoms with Crippen molar-refractivity contribution < 1.29 is 33.3 Å². The fourth-order valence-electron chi connectivity index (χ4n) is 6.07. The van der Waals surface area contributed by atoms with Crippen LogP contribution in [0.5, 0.6) is 0 Å². The Labute approximate surface area is 266 Å². The normalized spacial score (nSPS) is 36.0. The summed E-state index contributed by atoms with van der Waals surface area (Å²) in [5, 5.41) is 11.0. The molecule has 1 N–H and O–H groups in total. The summed E-state index contributed by atoms with van der Waals surface area (Å²) in [4.78, 5) is 13.3. The third-order valence-electron chi connectivity index (χ3n) is 9.66. The summed E-state index contributed by atoms with van der Waals surface area (Å²) < 4.78 is 31.4. The first-order valence-electron chi connectivity index (χ1n) is 16.5. The maximum Gasteiger partial charge on any atom is 0.330 e. The van der Waals surface area contributed by atoms with Crippen LogP contribution in [0.15, 0.2) is 60.3 Å². The number of esters is 1. The maximum atomic E-state index is 13.3. The van der Waals surface area contributed by atoms with E-state index in [4.69, 9.17) is 23.4 Å². The zero-order valence-electron chi connectivity index (χ0n) is 28.0. The van der Waals surface area contributed by atoms with E-state index in [-0.39, 0.29) is 35.6 Å². The van der Waals surface area contributed by atoms with E-state index in [0.29, 0.717) is 31.8 Å². The minimum atomic E-state index is -2.27. The van der Waals surface area contributed by atoms with E-state index in [1.165, 1.54) is 11.6 Å². The van der Waals surface area contributed by atoms with E-state index < -0.39 is 32.6 Å². The Hall–Kier alpha value is -1.81. The quantitative estimate of drug-likeness (QED) is 0.150. The third kappa shape index (κ3) is 10.4. The van der Waals surface area contributed by atoms with Gasteiger partial charge >= 0.3 is 5.97 Å². The lowest BCUT2D eigenvalue weighted by molar-refractivity contribution is -0.147. The lowest BCUT2D eigenvalue weighted by Crippen LogP contribution is -2.47. The number of epoxide rings is 1. The van der Waals surface area contributed by atoms with E-state index in [0.717, 1.165) is 31.3 Å².